The Morgan fingerprint density at radius 2 is 2.11 bits per heavy atom. The van der Waals surface area contributed by atoms with E-state index in [1.54, 1.807) is 18.4 Å². The van der Waals surface area contributed by atoms with Gasteiger partial charge in [-0.15, -0.1) is 0 Å². The summed E-state index contributed by atoms with van der Waals surface area (Å²) in [4.78, 5) is 0. The maximum absolute atomic E-state index is 5.38. The molecule has 0 fully saturated rings. The molecule has 2 aromatic rings. The van der Waals surface area contributed by atoms with Gasteiger partial charge in [-0.1, -0.05) is 18.2 Å². The average Bonchev–Trinajstić information content (AvgIpc) is 2.91. The lowest BCUT2D eigenvalue weighted by molar-refractivity contribution is 0.402. The molecule has 0 amide bonds. The normalized spacial score (nSPS) is 12.3. The van der Waals surface area contributed by atoms with Crippen molar-refractivity contribution in [3.05, 3.63) is 52.2 Å². The molecular formula is C15H19NOS. The van der Waals surface area contributed by atoms with Crippen LogP contribution in [0.25, 0.3) is 0 Å². The minimum Gasteiger partial charge on any atom is -0.496 e. The first-order valence-electron chi connectivity index (χ1n) is 6.18. The van der Waals surface area contributed by atoms with E-state index in [1.807, 2.05) is 12.1 Å². The van der Waals surface area contributed by atoms with Gasteiger partial charge in [0.15, 0.2) is 0 Å². The number of hydrogen-bond acceptors (Lipinski definition) is 3. The van der Waals surface area contributed by atoms with E-state index in [9.17, 15) is 0 Å². The molecule has 0 spiro atoms. The number of thiophene rings is 1. The highest BCUT2D eigenvalue weighted by atomic mass is 32.1. The summed E-state index contributed by atoms with van der Waals surface area (Å²) >= 11 is 1.75. The number of benzene rings is 1. The number of ether oxygens (including phenoxy) is 1. The molecule has 2 nitrogen and oxygen atoms in total. The van der Waals surface area contributed by atoms with E-state index in [0.29, 0.717) is 6.04 Å². The van der Waals surface area contributed by atoms with Crippen LogP contribution in [0.2, 0.25) is 0 Å². The molecule has 1 atom stereocenters. The summed E-state index contributed by atoms with van der Waals surface area (Å²) < 4.78 is 5.38. The smallest absolute Gasteiger partial charge is 0.123 e. The minimum atomic E-state index is 0.305. The molecule has 2 rings (SSSR count). The predicted molar refractivity (Wildman–Crippen MR) is 77.4 cm³/mol. The fraction of sp³-hybridized carbons (Fsp3) is 0.333. The van der Waals surface area contributed by atoms with Crippen LogP contribution in [-0.2, 0) is 6.42 Å². The van der Waals surface area contributed by atoms with E-state index < -0.39 is 0 Å². The predicted octanol–water partition coefficient (Wildman–Crippen LogP) is 3.65. The molecule has 0 saturated carbocycles. The van der Waals surface area contributed by atoms with Crippen LogP contribution in [0.3, 0.4) is 0 Å². The molecule has 0 saturated heterocycles. The quantitative estimate of drug-likeness (QED) is 0.857. The molecule has 0 radical (unpaired) electrons. The van der Waals surface area contributed by atoms with Crippen LogP contribution < -0.4 is 10.1 Å². The highest BCUT2D eigenvalue weighted by Crippen LogP contribution is 2.24. The number of methoxy groups -OCH3 is 1. The third kappa shape index (κ3) is 3.34. The Bertz CT molecular complexity index is 467. The molecule has 1 N–H and O–H groups in total. The second kappa shape index (κ2) is 6.57. The number of rotatable bonds is 6. The molecule has 1 unspecified atom stereocenters. The van der Waals surface area contributed by atoms with Crippen LogP contribution in [0.4, 0.5) is 0 Å². The average molecular weight is 261 g/mol. The third-order valence-electron chi connectivity index (χ3n) is 3.05. The van der Waals surface area contributed by atoms with Crippen molar-refractivity contribution in [1.29, 1.82) is 0 Å². The van der Waals surface area contributed by atoms with Gasteiger partial charge in [-0.25, -0.2) is 0 Å². The Hall–Kier alpha value is -1.32. The molecule has 3 heteroatoms. The Labute approximate surface area is 113 Å². The van der Waals surface area contributed by atoms with E-state index >= 15 is 0 Å². The van der Waals surface area contributed by atoms with Crippen molar-refractivity contribution < 1.29 is 4.74 Å². The highest BCUT2D eigenvalue weighted by Gasteiger charge is 2.09. The van der Waals surface area contributed by atoms with Crippen molar-refractivity contribution in [2.45, 2.75) is 19.4 Å². The third-order valence-corrected chi connectivity index (χ3v) is 3.78. The second-order valence-electron chi connectivity index (χ2n) is 4.30. The molecule has 0 bridgehead atoms. The lowest BCUT2D eigenvalue weighted by atomic mass is 10.1. The van der Waals surface area contributed by atoms with Gasteiger partial charge in [0.25, 0.3) is 0 Å². The summed E-state index contributed by atoms with van der Waals surface area (Å²) in [5, 5.41) is 7.86. The second-order valence-corrected chi connectivity index (χ2v) is 5.08. The first kappa shape index (κ1) is 13.1. The van der Waals surface area contributed by atoms with Crippen LogP contribution >= 0.6 is 11.3 Å². The minimum absolute atomic E-state index is 0.305. The van der Waals surface area contributed by atoms with Crippen molar-refractivity contribution >= 4 is 11.3 Å². The Kier molecular flexibility index (Phi) is 4.79. The summed E-state index contributed by atoms with van der Waals surface area (Å²) in [6.07, 6.45) is 1.07. The van der Waals surface area contributed by atoms with Crippen molar-refractivity contribution in [1.82, 2.24) is 5.32 Å². The summed E-state index contributed by atoms with van der Waals surface area (Å²) in [5.41, 5.74) is 2.62. The van der Waals surface area contributed by atoms with E-state index in [1.165, 1.54) is 11.1 Å². The molecule has 96 valence electrons. The van der Waals surface area contributed by atoms with Gasteiger partial charge in [0, 0.05) is 11.6 Å². The van der Waals surface area contributed by atoms with Gasteiger partial charge in [0.1, 0.15) is 5.75 Å². The maximum Gasteiger partial charge on any atom is 0.123 e. The Morgan fingerprint density at radius 1 is 1.28 bits per heavy atom. The summed E-state index contributed by atoms with van der Waals surface area (Å²) in [7, 11) is 1.72. The lowest BCUT2D eigenvalue weighted by Gasteiger charge is -2.17. The Balaban J connectivity index is 1.89. The molecule has 0 aliphatic carbocycles. The first-order chi connectivity index (χ1) is 8.81. The summed E-state index contributed by atoms with van der Waals surface area (Å²) in [6.45, 7) is 3.15. The largest absolute Gasteiger partial charge is 0.496 e. The topological polar surface area (TPSA) is 21.3 Å². The van der Waals surface area contributed by atoms with Gasteiger partial charge in [-0.2, -0.15) is 11.3 Å². The standard InChI is InChI=1S/C15H19NOS/c1-12(14-5-3-4-6-15(14)17-2)16-9-7-13-8-10-18-11-13/h3-6,8,10-12,16H,7,9H2,1-2H3. The molecule has 1 aromatic carbocycles. The van der Waals surface area contributed by atoms with Crippen molar-refractivity contribution in [2.24, 2.45) is 0 Å². The van der Waals surface area contributed by atoms with Crippen molar-refractivity contribution in [2.75, 3.05) is 13.7 Å². The molecule has 1 heterocycles. The zero-order valence-corrected chi connectivity index (χ0v) is 11.7. The number of para-hydroxylation sites is 1. The van der Waals surface area contributed by atoms with Crippen molar-refractivity contribution in [3.8, 4) is 5.75 Å². The maximum atomic E-state index is 5.38. The zero-order valence-electron chi connectivity index (χ0n) is 10.8. The van der Waals surface area contributed by atoms with E-state index in [0.717, 1.165) is 18.7 Å². The Morgan fingerprint density at radius 3 is 2.83 bits per heavy atom. The monoisotopic (exact) mass is 261 g/mol. The number of hydrogen-bond donors (Lipinski definition) is 1. The van der Waals surface area contributed by atoms with E-state index in [-0.39, 0.29) is 0 Å². The van der Waals surface area contributed by atoms with E-state index in [4.69, 9.17) is 4.74 Å². The molecule has 0 aliphatic rings. The van der Waals surface area contributed by atoms with Crippen LogP contribution in [-0.4, -0.2) is 13.7 Å². The summed E-state index contributed by atoms with van der Waals surface area (Å²) in [5.74, 6) is 0.952. The fourth-order valence-electron chi connectivity index (χ4n) is 2.00. The van der Waals surface area contributed by atoms with Gasteiger partial charge in [0.05, 0.1) is 7.11 Å². The molecule has 1 aromatic heterocycles. The van der Waals surface area contributed by atoms with Gasteiger partial charge in [-0.05, 0) is 48.3 Å². The van der Waals surface area contributed by atoms with Crippen LogP contribution in [0.15, 0.2) is 41.1 Å². The van der Waals surface area contributed by atoms with Crippen LogP contribution in [0.5, 0.6) is 5.75 Å². The van der Waals surface area contributed by atoms with Gasteiger partial charge < -0.3 is 10.1 Å². The van der Waals surface area contributed by atoms with Crippen LogP contribution in [0.1, 0.15) is 24.1 Å². The van der Waals surface area contributed by atoms with Gasteiger partial charge in [0.2, 0.25) is 0 Å². The van der Waals surface area contributed by atoms with Gasteiger partial charge in [-0.3, -0.25) is 0 Å². The SMILES string of the molecule is COc1ccccc1C(C)NCCc1ccsc1. The van der Waals surface area contributed by atoms with Crippen LogP contribution in [0, 0.1) is 0 Å². The van der Waals surface area contributed by atoms with E-state index in [2.05, 4.69) is 41.2 Å². The molecule has 18 heavy (non-hydrogen) atoms. The van der Waals surface area contributed by atoms with Crippen molar-refractivity contribution in [3.63, 3.8) is 0 Å². The zero-order chi connectivity index (χ0) is 12.8. The number of nitrogens with one attached hydrogen (secondary N) is 1. The van der Waals surface area contributed by atoms with Gasteiger partial charge >= 0.3 is 0 Å². The summed E-state index contributed by atoms with van der Waals surface area (Å²) in [6, 6.07) is 10.7. The first-order valence-corrected chi connectivity index (χ1v) is 7.13. The highest BCUT2D eigenvalue weighted by molar-refractivity contribution is 7.07. The molecule has 0 aliphatic heterocycles. The molecular weight excluding hydrogens is 242 g/mol. The lowest BCUT2D eigenvalue weighted by Crippen LogP contribution is -2.21. The fourth-order valence-corrected chi connectivity index (χ4v) is 2.71.